The third-order valence-electron chi connectivity index (χ3n) is 2.29. The molecule has 0 fully saturated rings. The first-order chi connectivity index (χ1) is 7.91. The molecule has 0 unspecified atom stereocenters. The smallest absolute Gasteiger partial charge is 0.306 e. The van der Waals surface area contributed by atoms with Gasteiger partial charge in [0.2, 0.25) is 0 Å². The molecule has 0 aromatic heterocycles. The summed E-state index contributed by atoms with van der Waals surface area (Å²) in [5.74, 6) is -0.146. The third-order valence-corrected chi connectivity index (χ3v) is 2.29. The van der Waals surface area contributed by atoms with Gasteiger partial charge in [-0.1, -0.05) is 19.1 Å². The normalized spacial score (nSPS) is 12.4. The zero-order chi connectivity index (χ0) is 13.3. The Kier molecular flexibility index (Phi) is 7.55. The lowest BCUT2D eigenvalue weighted by Gasteiger charge is -2.19. The molecule has 0 saturated carbocycles. The first kappa shape index (κ1) is 15.9. The molecule has 0 spiro atoms. The highest BCUT2D eigenvalue weighted by molar-refractivity contribution is 5.69. The third kappa shape index (κ3) is 8.69. The molecule has 0 radical (unpaired) electrons. The summed E-state index contributed by atoms with van der Waals surface area (Å²) < 4.78 is 10.6. The van der Waals surface area contributed by atoms with Crippen LogP contribution in [0.5, 0.6) is 0 Å². The van der Waals surface area contributed by atoms with E-state index in [0.29, 0.717) is 19.6 Å². The molecule has 0 aliphatic carbocycles. The number of hydrogen-bond donors (Lipinski definition) is 0. The molecular formula is C14H24O3. The zero-order valence-corrected chi connectivity index (χ0v) is 11.4. The number of ether oxygens (including phenoxy) is 2. The van der Waals surface area contributed by atoms with E-state index in [4.69, 9.17) is 9.47 Å². The first-order valence-corrected chi connectivity index (χ1v) is 6.00. The van der Waals surface area contributed by atoms with Crippen LogP contribution in [-0.2, 0) is 14.3 Å². The molecule has 0 N–H and O–H groups in total. The molecule has 3 heteroatoms. The highest BCUT2D eigenvalue weighted by Crippen LogP contribution is 2.10. The summed E-state index contributed by atoms with van der Waals surface area (Å²) in [6.45, 7) is 12.3. The molecule has 0 heterocycles. The summed E-state index contributed by atoms with van der Waals surface area (Å²) in [7, 11) is 0. The van der Waals surface area contributed by atoms with Crippen molar-refractivity contribution in [3.8, 4) is 0 Å². The van der Waals surface area contributed by atoms with E-state index in [9.17, 15) is 4.79 Å². The monoisotopic (exact) mass is 240 g/mol. The van der Waals surface area contributed by atoms with Gasteiger partial charge < -0.3 is 9.47 Å². The lowest BCUT2D eigenvalue weighted by atomic mass is 10.1. The van der Waals surface area contributed by atoms with Gasteiger partial charge in [0.25, 0.3) is 0 Å². The Morgan fingerprint density at radius 1 is 1.41 bits per heavy atom. The molecule has 3 nitrogen and oxygen atoms in total. The number of carbonyl (C=O) groups is 1. The summed E-state index contributed by atoms with van der Waals surface area (Å²) in [5.41, 5.74) is 0.671. The molecule has 0 aliphatic heterocycles. The van der Waals surface area contributed by atoms with Crippen LogP contribution in [0.3, 0.4) is 0 Å². The fraction of sp³-hybridized carbons (Fsp3) is 0.643. The molecule has 0 amide bonds. The fourth-order valence-corrected chi connectivity index (χ4v) is 0.987. The maximum atomic E-state index is 11.1. The van der Waals surface area contributed by atoms with Crippen LogP contribution in [0.15, 0.2) is 24.3 Å². The predicted octanol–water partition coefficient (Wildman–Crippen LogP) is 3.26. The van der Waals surface area contributed by atoms with Gasteiger partial charge >= 0.3 is 5.97 Å². The average Bonchev–Trinajstić information content (AvgIpc) is 2.26. The Labute approximate surface area is 104 Å². The highest BCUT2D eigenvalue weighted by atomic mass is 16.5. The number of rotatable bonds is 8. The maximum Gasteiger partial charge on any atom is 0.306 e. The number of esters is 1. The molecule has 0 saturated heterocycles. The number of hydrogen-bond acceptors (Lipinski definition) is 3. The Balaban J connectivity index is 3.87. The van der Waals surface area contributed by atoms with Gasteiger partial charge in [0.15, 0.2) is 0 Å². The van der Waals surface area contributed by atoms with Gasteiger partial charge in [-0.15, -0.1) is 6.58 Å². The van der Waals surface area contributed by atoms with Crippen LogP contribution in [0.25, 0.3) is 0 Å². The van der Waals surface area contributed by atoms with E-state index in [2.05, 4.69) is 6.58 Å². The molecule has 0 aliphatic rings. The highest BCUT2D eigenvalue weighted by Gasteiger charge is 2.11. The van der Waals surface area contributed by atoms with Crippen molar-refractivity contribution < 1.29 is 14.3 Å². The standard InChI is InChI=1S/C14H24O3/c1-6-8-13(15)16-11-12(3)9-10-17-14(4,5)7-2/h7,9H,2,6,8,10-11H2,1,3-5H3. The summed E-state index contributed by atoms with van der Waals surface area (Å²) in [6.07, 6.45) is 4.98. The van der Waals surface area contributed by atoms with Crippen LogP contribution in [0, 0.1) is 0 Å². The Hall–Kier alpha value is -1.09. The lowest BCUT2D eigenvalue weighted by molar-refractivity contribution is -0.142. The zero-order valence-electron chi connectivity index (χ0n) is 11.4. The molecule has 0 aromatic rings. The first-order valence-electron chi connectivity index (χ1n) is 6.00. The number of carbonyl (C=O) groups excluding carboxylic acids is 1. The topological polar surface area (TPSA) is 35.5 Å². The van der Waals surface area contributed by atoms with Crippen LogP contribution in [0.1, 0.15) is 40.5 Å². The van der Waals surface area contributed by atoms with Crippen molar-refractivity contribution in [1.82, 2.24) is 0 Å². The molecule has 0 rings (SSSR count). The van der Waals surface area contributed by atoms with Crippen LogP contribution in [-0.4, -0.2) is 24.8 Å². The van der Waals surface area contributed by atoms with E-state index in [1.807, 2.05) is 33.8 Å². The lowest BCUT2D eigenvalue weighted by Crippen LogP contribution is -2.20. The van der Waals surface area contributed by atoms with Gasteiger partial charge in [0.1, 0.15) is 6.61 Å². The second-order valence-corrected chi connectivity index (χ2v) is 4.58. The van der Waals surface area contributed by atoms with Crippen molar-refractivity contribution in [1.29, 1.82) is 0 Å². The van der Waals surface area contributed by atoms with Crippen molar-refractivity contribution in [2.75, 3.05) is 13.2 Å². The minimum absolute atomic E-state index is 0.146. The summed E-state index contributed by atoms with van der Waals surface area (Å²) in [6, 6.07) is 0. The van der Waals surface area contributed by atoms with Crippen molar-refractivity contribution in [2.24, 2.45) is 0 Å². The Bertz CT molecular complexity index is 277. The van der Waals surface area contributed by atoms with Gasteiger partial charge in [0, 0.05) is 6.42 Å². The minimum Gasteiger partial charge on any atom is -0.461 e. The summed E-state index contributed by atoms with van der Waals surface area (Å²) >= 11 is 0. The van der Waals surface area contributed by atoms with E-state index in [-0.39, 0.29) is 11.6 Å². The summed E-state index contributed by atoms with van der Waals surface area (Å²) in [5, 5.41) is 0. The Morgan fingerprint density at radius 2 is 2.06 bits per heavy atom. The average molecular weight is 240 g/mol. The molecule has 17 heavy (non-hydrogen) atoms. The van der Waals surface area contributed by atoms with Crippen molar-refractivity contribution in [3.63, 3.8) is 0 Å². The fourth-order valence-electron chi connectivity index (χ4n) is 0.987. The van der Waals surface area contributed by atoms with E-state index in [0.717, 1.165) is 12.0 Å². The van der Waals surface area contributed by atoms with Crippen LogP contribution >= 0.6 is 0 Å². The van der Waals surface area contributed by atoms with Gasteiger partial charge in [-0.05, 0) is 32.8 Å². The van der Waals surface area contributed by atoms with Crippen LogP contribution in [0.2, 0.25) is 0 Å². The molecule has 98 valence electrons. The van der Waals surface area contributed by atoms with Gasteiger partial charge in [0.05, 0.1) is 12.2 Å². The SMILES string of the molecule is C=CC(C)(C)OCC=C(C)COC(=O)CCC. The maximum absolute atomic E-state index is 11.1. The predicted molar refractivity (Wildman–Crippen MR) is 69.9 cm³/mol. The molecule has 0 atom stereocenters. The van der Waals surface area contributed by atoms with Crippen molar-refractivity contribution in [2.45, 2.75) is 46.1 Å². The summed E-state index contributed by atoms with van der Waals surface area (Å²) in [4.78, 5) is 11.1. The largest absolute Gasteiger partial charge is 0.461 e. The molecular weight excluding hydrogens is 216 g/mol. The van der Waals surface area contributed by atoms with E-state index < -0.39 is 0 Å². The van der Waals surface area contributed by atoms with Crippen LogP contribution in [0.4, 0.5) is 0 Å². The van der Waals surface area contributed by atoms with E-state index >= 15 is 0 Å². The van der Waals surface area contributed by atoms with Gasteiger partial charge in [-0.3, -0.25) is 4.79 Å². The van der Waals surface area contributed by atoms with E-state index in [1.165, 1.54) is 0 Å². The Morgan fingerprint density at radius 3 is 2.59 bits per heavy atom. The van der Waals surface area contributed by atoms with Crippen molar-refractivity contribution in [3.05, 3.63) is 24.3 Å². The quantitative estimate of drug-likeness (QED) is 0.482. The van der Waals surface area contributed by atoms with Crippen LogP contribution < -0.4 is 0 Å². The second kappa shape index (κ2) is 8.07. The van der Waals surface area contributed by atoms with E-state index in [1.54, 1.807) is 6.08 Å². The van der Waals surface area contributed by atoms with Gasteiger partial charge in [-0.2, -0.15) is 0 Å². The van der Waals surface area contributed by atoms with Crippen molar-refractivity contribution >= 4 is 5.97 Å². The molecule has 0 bridgehead atoms. The minimum atomic E-state index is -0.324. The second-order valence-electron chi connectivity index (χ2n) is 4.58. The van der Waals surface area contributed by atoms with Gasteiger partial charge in [-0.25, -0.2) is 0 Å². The molecule has 0 aromatic carbocycles.